The zero-order chi connectivity index (χ0) is 19.8. The Morgan fingerprint density at radius 1 is 1.15 bits per heavy atom. The highest BCUT2D eigenvalue weighted by molar-refractivity contribution is 7.92. The summed E-state index contributed by atoms with van der Waals surface area (Å²) in [4.78, 5) is 14.5. The molecule has 3 rings (SSSR count). The zero-order valence-electron chi connectivity index (χ0n) is 14.8. The van der Waals surface area contributed by atoms with E-state index in [4.69, 9.17) is 23.2 Å². The number of urea groups is 1. The number of rotatable bonds is 3. The number of hydrogen-bond donors (Lipinski definition) is 2. The Balaban J connectivity index is 1.86. The maximum atomic E-state index is 12.8. The summed E-state index contributed by atoms with van der Waals surface area (Å²) >= 11 is 12.3. The number of carbonyl (C=O) groups excluding carboxylic acids is 1. The topological polar surface area (TPSA) is 78.5 Å². The third-order valence-electron chi connectivity index (χ3n) is 4.48. The molecular formula is C18H19Cl2N3O3S. The average molecular weight is 428 g/mol. The van der Waals surface area contributed by atoms with E-state index in [1.165, 1.54) is 0 Å². The number of fused-ring (bicyclic) bond motifs is 1. The Bertz CT molecular complexity index is 975. The Hall–Kier alpha value is -1.96. The van der Waals surface area contributed by atoms with E-state index in [1.54, 1.807) is 35.2 Å². The lowest BCUT2D eigenvalue weighted by Gasteiger charge is -2.36. The first-order valence-electron chi connectivity index (χ1n) is 8.28. The summed E-state index contributed by atoms with van der Waals surface area (Å²) in [6.45, 7) is 2.33. The minimum Gasteiger partial charge on any atom is -0.317 e. The molecule has 1 aliphatic rings. The van der Waals surface area contributed by atoms with Crippen LogP contribution in [0.25, 0.3) is 0 Å². The molecule has 27 heavy (non-hydrogen) atoms. The molecule has 0 saturated heterocycles. The lowest BCUT2D eigenvalue weighted by Crippen LogP contribution is -2.41. The van der Waals surface area contributed by atoms with Crippen LogP contribution in [0.3, 0.4) is 0 Å². The Morgan fingerprint density at radius 3 is 2.41 bits per heavy atom. The van der Waals surface area contributed by atoms with Crippen molar-refractivity contribution in [1.29, 1.82) is 0 Å². The van der Waals surface area contributed by atoms with Gasteiger partial charge in [0.25, 0.3) is 0 Å². The highest BCUT2D eigenvalue weighted by Crippen LogP contribution is 2.35. The Labute approximate surface area is 168 Å². The standard InChI is InChI=1S/C18H19Cl2N3O3S/c1-11-12-5-3-8-16(22-27(2,25)26)13(12)9-10-23(11)18(24)21-17-14(19)6-4-7-15(17)20/h3-8,11,22H,9-10H2,1-2H3,(H,21,24). The molecule has 0 saturated carbocycles. The van der Waals surface area contributed by atoms with Crippen molar-refractivity contribution in [2.24, 2.45) is 0 Å². The van der Waals surface area contributed by atoms with Gasteiger partial charge in [-0.05, 0) is 42.7 Å². The van der Waals surface area contributed by atoms with E-state index in [1.807, 2.05) is 13.0 Å². The van der Waals surface area contributed by atoms with Gasteiger partial charge in [0.15, 0.2) is 0 Å². The number of hydrogen-bond acceptors (Lipinski definition) is 3. The van der Waals surface area contributed by atoms with E-state index in [0.29, 0.717) is 34.4 Å². The number of halogens is 2. The number of carbonyl (C=O) groups is 1. The fourth-order valence-corrected chi connectivity index (χ4v) is 4.32. The van der Waals surface area contributed by atoms with Crippen molar-refractivity contribution in [3.8, 4) is 0 Å². The molecule has 0 spiro atoms. The van der Waals surface area contributed by atoms with Gasteiger partial charge < -0.3 is 10.2 Å². The van der Waals surface area contributed by atoms with Crippen LogP contribution >= 0.6 is 23.2 Å². The van der Waals surface area contributed by atoms with Crippen molar-refractivity contribution in [3.05, 3.63) is 57.6 Å². The Kier molecular flexibility index (Phi) is 5.55. The van der Waals surface area contributed by atoms with Gasteiger partial charge in [-0.1, -0.05) is 41.4 Å². The highest BCUT2D eigenvalue weighted by Gasteiger charge is 2.30. The van der Waals surface area contributed by atoms with Crippen molar-refractivity contribution >= 4 is 50.6 Å². The molecule has 1 aliphatic heterocycles. The molecule has 6 nitrogen and oxygen atoms in total. The van der Waals surface area contributed by atoms with Gasteiger partial charge in [-0.3, -0.25) is 4.72 Å². The number of nitrogens with zero attached hydrogens (tertiary/aromatic N) is 1. The largest absolute Gasteiger partial charge is 0.322 e. The number of amides is 2. The average Bonchev–Trinajstić information content (AvgIpc) is 2.58. The maximum Gasteiger partial charge on any atom is 0.322 e. The predicted octanol–water partition coefficient (Wildman–Crippen LogP) is 4.52. The van der Waals surface area contributed by atoms with Gasteiger partial charge in [-0.2, -0.15) is 0 Å². The summed E-state index contributed by atoms with van der Waals surface area (Å²) in [5.41, 5.74) is 2.72. The second-order valence-electron chi connectivity index (χ2n) is 6.39. The molecule has 0 bridgehead atoms. The van der Waals surface area contributed by atoms with Crippen LogP contribution in [0.2, 0.25) is 10.0 Å². The van der Waals surface area contributed by atoms with Gasteiger partial charge in [-0.25, -0.2) is 13.2 Å². The van der Waals surface area contributed by atoms with Gasteiger partial charge in [0.2, 0.25) is 10.0 Å². The van der Waals surface area contributed by atoms with Crippen molar-refractivity contribution in [2.75, 3.05) is 22.8 Å². The van der Waals surface area contributed by atoms with Crippen LogP contribution in [-0.2, 0) is 16.4 Å². The summed E-state index contributed by atoms with van der Waals surface area (Å²) in [7, 11) is -3.38. The van der Waals surface area contributed by atoms with Crippen LogP contribution in [0.5, 0.6) is 0 Å². The van der Waals surface area contributed by atoms with Crippen molar-refractivity contribution in [3.63, 3.8) is 0 Å². The second-order valence-corrected chi connectivity index (χ2v) is 8.96. The molecule has 0 aromatic heterocycles. The molecule has 1 unspecified atom stereocenters. The smallest absolute Gasteiger partial charge is 0.317 e. The number of sulfonamides is 1. The number of nitrogens with one attached hydrogen (secondary N) is 2. The fraction of sp³-hybridized carbons (Fsp3) is 0.278. The third kappa shape index (κ3) is 4.31. The highest BCUT2D eigenvalue weighted by atomic mass is 35.5. The minimum atomic E-state index is -3.38. The first-order chi connectivity index (χ1) is 12.7. The van der Waals surface area contributed by atoms with Crippen LogP contribution in [0.4, 0.5) is 16.2 Å². The van der Waals surface area contributed by atoms with Crippen LogP contribution in [0, 0.1) is 0 Å². The third-order valence-corrected chi connectivity index (χ3v) is 5.70. The van der Waals surface area contributed by atoms with Crippen molar-refractivity contribution in [1.82, 2.24) is 4.90 Å². The van der Waals surface area contributed by atoms with Gasteiger partial charge in [0, 0.05) is 6.54 Å². The lowest BCUT2D eigenvalue weighted by atomic mass is 9.92. The van der Waals surface area contributed by atoms with Gasteiger partial charge in [0.05, 0.1) is 33.7 Å². The number of anilines is 2. The molecule has 2 amide bonds. The summed E-state index contributed by atoms with van der Waals surface area (Å²) in [6, 6.07) is 9.86. The normalized spacial score (nSPS) is 16.6. The molecule has 9 heteroatoms. The molecule has 1 atom stereocenters. The van der Waals surface area contributed by atoms with E-state index in [-0.39, 0.29) is 12.1 Å². The summed E-state index contributed by atoms with van der Waals surface area (Å²) < 4.78 is 25.7. The van der Waals surface area contributed by atoms with E-state index in [0.717, 1.165) is 17.4 Å². The number of para-hydroxylation sites is 1. The van der Waals surface area contributed by atoms with E-state index in [2.05, 4.69) is 10.0 Å². The SMILES string of the molecule is CC1c2cccc(NS(C)(=O)=O)c2CCN1C(=O)Nc1c(Cl)cccc1Cl. The molecule has 0 aliphatic carbocycles. The molecule has 144 valence electrons. The minimum absolute atomic E-state index is 0.240. The molecule has 0 fully saturated rings. The van der Waals surface area contributed by atoms with Crippen LogP contribution in [0.1, 0.15) is 24.1 Å². The summed E-state index contributed by atoms with van der Waals surface area (Å²) in [6.07, 6.45) is 1.65. The van der Waals surface area contributed by atoms with Crippen LogP contribution < -0.4 is 10.0 Å². The van der Waals surface area contributed by atoms with Crippen LogP contribution in [-0.4, -0.2) is 32.1 Å². The molecule has 2 aromatic carbocycles. The van der Waals surface area contributed by atoms with Gasteiger partial charge >= 0.3 is 6.03 Å². The zero-order valence-corrected chi connectivity index (χ0v) is 17.1. The first kappa shape index (κ1) is 19.8. The molecule has 2 aromatic rings. The first-order valence-corrected chi connectivity index (χ1v) is 10.9. The molecule has 2 N–H and O–H groups in total. The van der Waals surface area contributed by atoms with E-state index < -0.39 is 10.0 Å². The quantitative estimate of drug-likeness (QED) is 0.755. The van der Waals surface area contributed by atoms with E-state index >= 15 is 0 Å². The molecular weight excluding hydrogens is 409 g/mol. The molecule has 1 heterocycles. The summed E-state index contributed by atoms with van der Waals surface area (Å²) in [5, 5.41) is 3.50. The molecule has 0 radical (unpaired) electrons. The maximum absolute atomic E-state index is 12.8. The fourth-order valence-electron chi connectivity index (χ4n) is 3.24. The summed E-state index contributed by atoms with van der Waals surface area (Å²) in [5.74, 6) is 0. The monoisotopic (exact) mass is 427 g/mol. The van der Waals surface area contributed by atoms with Crippen molar-refractivity contribution in [2.45, 2.75) is 19.4 Å². The van der Waals surface area contributed by atoms with Gasteiger partial charge in [-0.15, -0.1) is 0 Å². The number of benzene rings is 2. The van der Waals surface area contributed by atoms with E-state index in [9.17, 15) is 13.2 Å². The van der Waals surface area contributed by atoms with Crippen molar-refractivity contribution < 1.29 is 13.2 Å². The predicted molar refractivity (Wildman–Crippen MR) is 109 cm³/mol. The Morgan fingerprint density at radius 2 is 1.78 bits per heavy atom. The lowest BCUT2D eigenvalue weighted by molar-refractivity contribution is 0.188. The van der Waals surface area contributed by atoms with Crippen LogP contribution in [0.15, 0.2) is 36.4 Å². The second kappa shape index (κ2) is 7.58. The van der Waals surface area contributed by atoms with Gasteiger partial charge in [0.1, 0.15) is 0 Å².